The van der Waals surface area contributed by atoms with Crippen LogP contribution in [-0.2, 0) is 0 Å². The van der Waals surface area contributed by atoms with Crippen molar-refractivity contribution in [2.45, 2.75) is 18.1 Å². The molecule has 1 heterocycles. The molecular formula is C5H10F3N3. The fraction of sp³-hybridized carbons (Fsp3) is 1.00. The Kier molecular flexibility index (Phi) is 1.85. The Hall–Kier alpha value is -0.330. The van der Waals surface area contributed by atoms with Crippen molar-refractivity contribution in [3.8, 4) is 0 Å². The third kappa shape index (κ3) is 1.47. The van der Waals surface area contributed by atoms with Gasteiger partial charge in [0.15, 0.2) is 0 Å². The molecule has 1 atom stereocenters. The van der Waals surface area contributed by atoms with E-state index in [2.05, 4.69) is 0 Å². The predicted molar refractivity (Wildman–Crippen MR) is 33.4 cm³/mol. The zero-order valence-electron chi connectivity index (χ0n) is 5.86. The van der Waals surface area contributed by atoms with Gasteiger partial charge < -0.3 is 5.73 Å². The standard InChI is InChI=1S/C5H10F3N3/c6-5(7,8)4(9)1-2-11(10)3-4/h1-3,9-10H2. The van der Waals surface area contributed by atoms with E-state index < -0.39 is 11.7 Å². The van der Waals surface area contributed by atoms with Crippen LogP contribution in [0.3, 0.4) is 0 Å². The van der Waals surface area contributed by atoms with Crippen molar-refractivity contribution in [2.75, 3.05) is 13.1 Å². The second kappa shape index (κ2) is 2.33. The molecule has 1 saturated heterocycles. The summed E-state index contributed by atoms with van der Waals surface area (Å²) in [4.78, 5) is 0. The molecule has 0 aliphatic carbocycles. The lowest BCUT2D eigenvalue weighted by atomic mass is 10.00. The summed E-state index contributed by atoms with van der Waals surface area (Å²) in [5.74, 6) is 5.16. The van der Waals surface area contributed by atoms with Gasteiger partial charge in [0, 0.05) is 13.1 Å². The third-order valence-electron chi connectivity index (χ3n) is 1.89. The molecule has 6 heteroatoms. The van der Waals surface area contributed by atoms with Gasteiger partial charge in [0.2, 0.25) is 0 Å². The Morgan fingerprint density at radius 2 is 1.91 bits per heavy atom. The number of hydrazine groups is 1. The largest absolute Gasteiger partial charge is 0.407 e. The molecule has 4 N–H and O–H groups in total. The summed E-state index contributed by atoms with van der Waals surface area (Å²) in [6, 6.07) is 0. The Bertz CT molecular complexity index is 158. The zero-order valence-corrected chi connectivity index (χ0v) is 5.86. The third-order valence-corrected chi connectivity index (χ3v) is 1.89. The van der Waals surface area contributed by atoms with E-state index in [1.807, 2.05) is 0 Å². The number of alkyl halides is 3. The highest BCUT2D eigenvalue weighted by atomic mass is 19.4. The summed E-state index contributed by atoms with van der Waals surface area (Å²) in [5.41, 5.74) is 2.98. The van der Waals surface area contributed by atoms with Crippen LogP contribution in [0.1, 0.15) is 6.42 Å². The van der Waals surface area contributed by atoms with Crippen molar-refractivity contribution >= 4 is 0 Å². The number of nitrogens with two attached hydrogens (primary N) is 2. The van der Waals surface area contributed by atoms with Crippen LogP contribution in [0.4, 0.5) is 13.2 Å². The lowest BCUT2D eigenvalue weighted by Gasteiger charge is -2.26. The lowest BCUT2D eigenvalue weighted by molar-refractivity contribution is -0.181. The molecule has 66 valence electrons. The Morgan fingerprint density at radius 1 is 1.36 bits per heavy atom. The van der Waals surface area contributed by atoms with E-state index in [0.29, 0.717) is 0 Å². The quantitative estimate of drug-likeness (QED) is 0.495. The molecule has 0 aromatic rings. The minimum Gasteiger partial charge on any atom is -0.316 e. The lowest BCUT2D eigenvalue weighted by Crippen LogP contribution is -2.55. The molecule has 0 aromatic carbocycles. The van der Waals surface area contributed by atoms with Crippen molar-refractivity contribution in [1.82, 2.24) is 5.01 Å². The van der Waals surface area contributed by atoms with Gasteiger partial charge in [0.25, 0.3) is 0 Å². The summed E-state index contributed by atoms with van der Waals surface area (Å²) in [6.07, 6.45) is -4.46. The van der Waals surface area contributed by atoms with Crippen molar-refractivity contribution in [1.29, 1.82) is 0 Å². The number of hydrogen-bond acceptors (Lipinski definition) is 3. The van der Waals surface area contributed by atoms with E-state index in [9.17, 15) is 13.2 Å². The van der Waals surface area contributed by atoms with Crippen molar-refractivity contribution < 1.29 is 13.2 Å². The van der Waals surface area contributed by atoms with Gasteiger partial charge in [-0.3, -0.25) is 5.84 Å². The fourth-order valence-electron chi connectivity index (χ4n) is 1.10. The number of hydrogen-bond donors (Lipinski definition) is 2. The minimum absolute atomic E-state index is 0.118. The molecular weight excluding hydrogens is 159 g/mol. The maximum absolute atomic E-state index is 12.1. The summed E-state index contributed by atoms with van der Waals surface area (Å²) in [5, 5.41) is 1.09. The highest BCUT2D eigenvalue weighted by Gasteiger charge is 2.54. The van der Waals surface area contributed by atoms with Crippen LogP contribution in [-0.4, -0.2) is 29.8 Å². The molecule has 0 radical (unpaired) electrons. The van der Waals surface area contributed by atoms with E-state index in [1.54, 1.807) is 0 Å². The minimum atomic E-state index is -4.35. The first-order valence-corrected chi connectivity index (χ1v) is 3.20. The molecule has 11 heavy (non-hydrogen) atoms. The summed E-state index contributed by atoms with van der Waals surface area (Å²) in [7, 11) is 0. The van der Waals surface area contributed by atoms with Crippen molar-refractivity contribution in [3.05, 3.63) is 0 Å². The fourth-order valence-corrected chi connectivity index (χ4v) is 1.10. The van der Waals surface area contributed by atoms with E-state index in [-0.39, 0.29) is 19.5 Å². The van der Waals surface area contributed by atoms with Gasteiger partial charge in [-0.1, -0.05) is 0 Å². The topological polar surface area (TPSA) is 55.3 Å². The molecule has 1 fully saturated rings. The van der Waals surface area contributed by atoms with Crippen LogP contribution >= 0.6 is 0 Å². The number of nitrogens with zero attached hydrogens (tertiary/aromatic N) is 1. The van der Waals surface area contributed by atoms with Crippen LogP contribution in [0.15, 0.2) is 0 Å². The summed E-state index contributed by atoms with van der Waals surface area (Å²) >= 11 is 0. The zero-order chi connectivity index (χ0) is 8.70. The maximum atomic E-state index is 12.1. The maximum Gasteiger partial charge on any atom is 0.407 e. The molecule has 3 nitrogen and oxygen atoms in total. The van der Waals surface area contributed by atoms with Crippen LogP contribution in [0.25, 0.3) is 0 Å². The van der Waals surface area contributed by atoms with Gasteiger partial charge in [-0.25, -0.2) is 5.01 Å². The predicted octanol–water partition coefficient (Wildman–Crippen LogP) is -0.174. The van der Waals surface area contributed by atoms with Crippen LogP contribution in [0, 0.1) is 0 Å². The summed E-state index contributed by atoms with van der Waals surface area (Å²) in [6.45, 7) is -0.105. The van der Waals surface area contributed by atoms with Crippen LogP contribution in [0.5, 0.6) is 0 Å². The van der Waals surface area contributed by atoms with Crippen molar-refractivity contribution in [2.24, 2.45) is 11.6 Å². The van der Waals surface area contributed by atoms with E-state index >= 15 is 0 Å². The molecule has 1 rings (SSSR count). The first-order chi connectivity index (χ1) is 4.85. The van der Waals surface area contributed by atoms with Gasteiger partial charge in [-0.15, -0.1) is 0 Å². The van der Waals surface area contributed by atoms with E-state index in [0.717, 1.165) is 5.01 Å². The van der Waals surface area contributed by atoms with Crippen molar-refractivity contribution in [3.63, 3.8) is 0 Å². The van der Waals surface area contributed by atoms with Gasteiger partial charge in [-0.2, -0.15) is 13.2 Å². The normalized spacial score (nSPS) is 34.6. The van der Waals surface area contributed by atoms with Gasteiger partial charge >= 0.3 is 6.18 Å². The Labute approximate surface area is 62.1 Å². The molecule has 1 unspecified atom stereocenters. The molecule has 1 aliphatic heterocycles. The van der Waals surface area contributed by atoms with E-state index in [4.69, 9.17) is 11.6 Å². The van der Waals surface area contributed by atoms with E-state index in [1.165, 1.54) is 0 Å². The van der Waals surface area contributed by atoms with Gasteiger partial charge in [-0.05, 0) is 6.42 Å². The number of rotatable bonds is 0. The summed E-state index contributed by atoms with van der Waals surface area (Å²) < 4.78 is 36.3. The van der Waals surface area contributed by atoms with Gasteiger partial charge in [0.05, 0.1) is 0 Å². The smallest absolute Gasteiger partial charge is 0.316 e. The van der Waals surface area contributed by atoms with Crippen LogP contribution in [0.2, 0.25) is 0 Å². The SMILES string of the molecule is NN1CCC(N)(C(F)(F)F)C1. The first kappa shape index (κ1) is 8.76. The molecule has 0 aromatic heterocycles. The highest BCUT2D eigenvalue weighted by Crippen LogP contribution is 2.34. The second-order valence-electron chi connectivity index (χ2n) is 2.87. The number of halogens is 3. The Morgan fingerprint density at radius 3 is 2.09 bits per heavy atom. The molecule has 1 aliphatic rings. The molecule has 0 spiro atoms. The monoisotopic (exact) mass is 169 g/mol. The average molecular weight is 169 g/mol. The highest BCUT2D eigenvalue weighted by molar-refractivity contribution is 4.98. The molecule has 0 saturated carbocycles. The van der Waals surface area contributed by atoms with Gasteiger partial charge in [0.1, 0.15) is 5.54 Å². The first-order valence-electron chi connectivity index (χ1n) is 3.20. The Balaban J connectivity index is 2.69. The average Bonchev–Trinajstić information content (AvgIpc) is 2.10. The molecule has 0 amide bonds. The molecule has 0 bridgehead atoms. The van der Waals surface area contributed by atoms with Crippen LogP contribution < -0.4 is 11.6 Å². The second-order valence-corrected chi connectivity index (χ2v) is 2.87.